The van der Waals surface area contributed by atoms with Crippen molar-refractivity contribution in [2.45, 2.75) is 21.5 Å². The molecule has 24 heavy (non-hydrogen) atoms. The minimum absolute atomic E-state index is 0.204. The Bertz CT molecular complexity index is 620. The molecule has 1 saturated heterocycles. The summed E-state index contributed by atoms with van der Waals surface area (Å²) >= 11 is 16.7. The lowest BCUT2D eigenvalue weighted by Gasteiger charge is -2.45. The topological polar surface area (TPSA) is 98.2 Å². The van der Waals surface area contributed by atoms with E-state index in [0.717, 1.165) is 0 Å². The van der Waals surface area contributed by atoms with Gasteiger partial charge >= 0.3 is 6.09 Å². The molecule has 0 aliphatic carbocycles. The van der Waals surface area contributed by atoms with Gasteiger partial charge in [-0.05, 0) is 6.08 Å². The van der Waals surface area contributed by atoms with E-state index >= 15 is 0 Å². The molecule has 1 fully saturated rings. The first-order chi connectivity index (χ1) is 11.2. The van der Waals surface area contributed by atoms with Crippen molar-refractivity contribution < 1.29 is 14.6 Å². The van der Waals surface area contributed by atoms with Crippen LogP contribution in [0.25, 0.3) is 0 Å². The van der Waals surface area contributed by atoms with Crippen molar-refractivity contribution in [1.82, 2.24) is 20.9 Å². The van der Waals surface area contributed by atoms with Crippen molar-refractivity contribution in [3.05, 3.63) is 24.6 Å². The van der Waals surface area contributed by atoms with Crippen LogP contribution in [-0.2, 0) is 4.74 Å². The third-order valence-electron chi connectivity index (χ3n) is 3.96. The molecule has 3 rings (SSSR count). The van der Waals surface area contributed by atoms with Crippen LogP contribution >= 0.6 is 34.8 Å². The molecule has 132 valence electrons. The molecule has 0 bridgehead atoms. The minimum atomic E-state index is -1.70. The fourth-order valence-corrected chi connectivity index (χ4v) is 3.25. The van der Waals surface area contributed by atoms with E-state index in [9.17, 15) is 9.90 Å². The molecule has 0 radical (unpaired) electrons. The molecule has 11 heteroatoms. The lowest BCUT2D eigenvalue weighted by atomic mass is 9.93. The number of carbonyl (C=O) groups excluding carboxylic acids is 1. The first-order valence-electron chi connectivity index (χ1n) is 7.13. The van der Waals surface area contributed by atoms with Crippen LogP contribution in [0.2, 0.25) is 0 Å². The van der Waals surface area contributed by atoms with Crippen molar-refractivity contribution in [1.29, 1.82) is 0 Å². The van der Waals surface area contributed by atoms with E-state index in [4.69, 9.17) is 39.5 Å². The molecule has 1 spiro atoms. The van der Waals surface area contributed by atoms with Crippen molar-refractivity contribution in [2.75, 3.05) is 19.8 Å². The number of aliphatic hydroxyl groups is 1. The monoisotopic (exact) mass is 395 g/mol. The molecular weight excluding hydrogens is 381 g/mol. The molecule has 3 aliphatic heterocycles. The Morgan fingerprint density at radius 1 is 1.62 bits per heavy atom. The Hall–Kier alpha value is -1.35. The second kappa shape index (κ2) is 6.18. The number of alkyl halides is 3. The number of carbonyl (C=O) groups is 1. The first-order valence-corrected chi connectivity index (χ1v) is 8.27. The largest absolute Gasteiger partial charge is 0.445 e. The lowest BCUT2D eigenvalue weighted by molar-refractivity contribution is 0.130. The molecule has 8 nitrogen and oxygen atoms in total. The van der Waals surface area contributed by atoms with E-state index in [1.54, 1.807) is 0 Å². The number of nitrogens with one attached hydrogen (secondary N) is 3. The highest BCUT2D eigenvalue weighted by molar-refractivity contribution is 6.67. The number of ether oxygens (including phenoxy) is 1. The Morgan fingerprint density at radius 3 is 3.04 bits per heavy atom. The van der Waals surface area contributed by atoms with E-state index in [0.29, 0.717) is 12.4 Å². The van der Waals surface area contributed by atoms with Crippen molar-refractivity contribution in [3.63, 3.8) is 0 Å². The summed E-state index contributed by atoms with van der Waals surface area (Å²) in [5.41, 5.74) is -0.663. The van der Waals surface area contributed by atoms with Gasteiger partial charge in [-0.15, -0.1) is 0 Å². The van der Waals surface area contributed by atoms with Crippen molar-refractivity contribution >= 4 is 46.9 Å². The molecule has 3 heterocycles. The maximum atomic E-state index is 11.9. The summed E-state index contributed by atoms with van der Waals surface area (Å²) in [5, 5.41) is 18.6. The summed E-state index contributed by atoms with van der Waals surface area (Å²) in [6, 6.07) is -0.712. The second-order valence-corrected chi connectivity index (χ2v) is 8.10. The highest BCUT2D eigenvalue weighted by Crippen LogP contribution is 2.35. The zero-order chi connectivity index (χ0) is 17.5. The van der Waals surface area contributed by atoms with Crippen LogP contribution in [0.5, 0.6) is 0 Å². The summed E-state index contributed by atoms with van der Waals surface area (Å²) in [5.74, 6) is 0.874. The number of aliphatic imine (C=N–C) groups is 1. The maximum absolute atomic E-state index is 11.9. The number of hydrogen-bond acceptors (Lipinski definition) is 7. The fourth-order valence-electron chi connectivity index (χ4n) is 3.09. The van der Waals surface area contributed by atoms with Gasteiger partial charge in [-0.1, -0.05) is 47.5 Å². The van der Waals surface area contributed by atoms with Gasteiger partial charge in [0.05, 0.1) is 18.5 Å². The van der Waals surface area contributed by atoms with Crippen LogP contribution in [0.3, 0.4) is 0 Å². The van der Waals surface area contributed by atoms with Crippen LogP contribution in [0.15, 0.2) is 29.5 Å². The summed E-state index contributed by atoms with van der Waals surface area (Å²) in [4.78, 5) is 18.2. The molecule has 0 aromatic heterocycles. The van der Waals surface area contributed by atoms with Crippen molar-refractivity contribution in [3.8, 4) is 0 Å². The summed E-state index contributed by atoms with van der Waals surface area (Å²) in [6.45, 7) is 3.78. The predicted molar refractivity (Wildman–Crippen MR) is 90.9 cm³/mol. The Labute approximate surface area is 153 Å². The van der Waals surface area contributed by atoms with Gasteiger partial charge in [-0.25, -0.2) is 9.79 Å². The van der Waals surface area contributed by atoms with Gasteiger partial charge in [-0.3, -0.25) is 5.32 Å². The smallest absolute Gasteiger partial charge is 0.414 e. The average molecular weight is 397 g/mol. The number of aliphatic hydroxyl groups excluding tert-OH is 1. The Balaban J connectivity index is 1.79. The molecule has 0 aromatic rings. The highest BCUT2D eigenvalue weighted by Gasteiger charge is 2.56. The predicted octanol–water partition coefficient (Wildman–Crippen LogP) is 0.414. The standard InChI is InChI=1S/C13H16Cl3N5O3/c1-7-17-9-8(5-22)18-10(19-11(23)24-6-13(14,15)16)21-4-2-3-12(9,21)20-7/h2-3,8-9,17,20,22H,1,4-6H2,(H,18,19,23)/t8-,9-,12+/m0/s1. The zero-order valence-corrected chi connectivity index (χ0v) is 14.7. The van der Waals surface area contributed by atoms with E-state index < -0.39 is 28.2 Å². The van der Waals surface area contributed by atoms with Gasteiger partial charge in [0.15, 0.2) is 5.66 Å². The Morgan fingerprint density at radius 2 is 2.38 bits per heavy atom. The number of alkyl carbamates (subject to hydrolysis) is 1. The molecule has 1 amide bonds. The van der Waals surface area contributed by atoms with Crippen LogP contribution < -0.4 is 16.0 Å². The Kier molecular flexibility index (Phi) is 4.50. The first kappa shape index (κ1) is 17.5. The van der Waals surface area contributed by atoms with Gasteiger partial charge in [0, 0.05) is 6.54 Å². The van der Waals surface area contributed by atoms with Crippen molar-refractivity contribution in [2.24, 2.45) is 4.99 Å². The number of nitrogens with zero attached hydrogens (tertiary/aromatic N) is 2. The molecule has 0 unspecified atom stereocenters. The summed E-state index contributed by atoms with van der Waals surface area (Å²) in [6.07, 6.45) is 3.08. The molecule has 0 aromatic carbocycles. The number of guanidine groups is 1. The molecule has 0 saturated carbocycles. The van der Waals surface area contributed by atoms with E-state index in [1.165, 1.54) is 0 Å². The van der Waals surface area contributed by atoms with Crippen LogP contribution in [0.4, 0.5) is 4.79 Å². The van der Waals surface area contributed by atoms with Crippen LogP contribution in [0, 0.1) is 0 Å². The third-order valence-corrected chi connectivity index (χ3v) is 4.29. The molecule has 4 N–H and O–H groups in total. The summed E-state index contributed by atoms with van der Waals surface area (Å²) < 4.78 is 3.17. The third kappa shape index (κ3) is 3.11. The lowest BCUT2D eigenvalue weighted by Crippen LogP contribution is -2.69. The van der Waals surface area contributed by atoms with Gasteiger partial charge in [-0.2, -0.15) is 0 Å². The van der Waals surface area contributed by atoms with E-state index in [1.807, 2.05) is 17.1 Å². The molecule has 3 atom stereocenters. The molecule has 3 aliphatic rings. The zero-order valence-electron chi connectivity index (χ0n) is 12.4. The van der Waals surface area contributed by atoms with E-state index in [2.05, 4.69) is 27.5 Å². The normalized spacial score (nSPS) is 30.9. The SMILES string of the molecule is C=C1N[C@H]2[C@H](CO)N=C(NC(=O)OCC(Cl)(Cl)Cl)N3CC=C[C@]23N1. The molecular formula is C13H16Cl3N5O3. The van der Waals surface area contributed by atoms with E-state index in [-0.39, 0.29) is 18.6 Å². The maximum Gasteiger partial charge on any atom is 0.414 e. The van der Waals surface area contributed by atoms with Crippen LogP contribution in [-0.4, -0.2) is 63.4 Å². The number of amides is 1. The summed E-state index contributed by atoms with van der Waals surface area (Å²) in [7, 11) is 0. The van der Waals surface area contributed by atoms with Gasteiger partial charge in [0.1, 0.15) is 12.6 Å². The van der Waals surface area contributed by atoms with Gasteiger partial charge in [0.25, 0.3) is 0 Å². The number of rotatable bonds is 2. The van der Waals surface area contributed by atoms with Gasteiger partial charge < -0.3 is 25.4 Å². The number of hydrogen-bond donors (Lipinski definition) is 4. The highest BCUT2D eigenvalue weighted by atomic mass is 35.6. The average Bonchev–Trinajstić information content (AvgIpc) is 3.05. The second-order valence-electron chi connectivity index (χ2n) is 5.58. The minimum Gasteiger partial charge on any atom is -0.445 e. The number of halogens is 3. The van der Waals surface area contributed by atoms with Crippen LogP contribution in [0.1, 0.15) is 0 Å². The fraction of sp³-hybridized carbons (Fsp3) is 0.538. The van der Waals surface area contributed by atoms with Gasteiger partial charge in [0.2, 0.25) is 9.75 Å². The quantitative estimate of drug-likeness (QED) is 0.399.